The summed E-state index contributed by atoms with van der Waals surface area (Å²) in [7, 11) is 0. The van der Waals surface area contributed by atoms with Crippen molar-refractivity contribution in [1.82, 2.24) is 4.98 Å². The summed E-state index contributed by atoms with van der Waals surface area (Å²) in [6.07, 6.45) is 7.22. The van der Waals surface area contributed by atoms with Crippen LogP contribution in [0.2, 0.25) is 0 Å². The largest absolute Gasteiger partial charge is 0.396 e. The van der Waals surface area contributed by atoms with E-state index in [-0.39, 0.29) is 0 Å². The first kappa shape index (κ1) is 12.5. The van der Waals surface area contributed by atoms with Crippen LogP contribution in [0.1, 0.15) is 25.7 Å². The molecule has 3 nitrogen and oxygen atoms in total. The summed E-state index contributed by atoms with van der Waals surface area (Å²) in [5.41, 5.74) is 9.00. The molecule has 104 valence electrons. The molecule has 2 aliphatic carbocycles. The molecule has 0 spiro atoms. The minimum absolute atomic E-state index is 0.599. The van der Waals surface area contributed by atoms with Crippen LogP contribution in [0.5, 0.6) is 0 Å². The lowest BCUT2D eigenvalue weighted by Crippen LogP contribution is -2.25. The van der Waals surface area contributed by atoms with Gasteiger partial charge in [0.25, 0.3) is 0 Å². The topological polar surface area (TPSA) is 50.9 Å². The summed E-state index contributed by atoms with van der Waals surface area (Å²) in [5.74, 6) is 1.69. The van der Waals surface area contributed by atoms with E-state index >= 15 is 0 Å². The highest BCUT2D eigenvalue weighted by Gasteiger charge is 2.41. The van der Waals surface area contributed by atoms with Crippen molar-refractivity contribution in [2.45, 2.75) is 31.7 Å². The van der Waals surface area contributed by atoms with E-state index < -0.39 is 0 Å². The molecule has 0 radical (unpaired) electrons. The van der Waals surface area contributed by atoms with Gasteiger partial charge in [0.1, 0.15) is 0 Å². The fourth-order valence-corrected chi connectivity index (χ4v) is 3.40. The molecule has 1 aromatic carbocycles. The van der Waals surface area contributed by atoms with Gasteiger partial charge in [-0.1, -0.05) is 15.9 Å². The van der Waals surface area contributed by atoms with Crippen LogP contribution in [0, 0.1) is 11.8 Å². The van der Waals surface area contributed by atoms with Gasteiger partial charge >= 0.3 is 0 Å². The van der Waals surface area contributed by atoms with Crippen LogP contribution in [0.25, 0.3) is 10.9 Å². The molecule has 1 aromatic heterocycles. The lowest BCUT2D eigenvalue weighted by Gasteiger charge is -2.21. The highest BCUT2D eigenvalue weighted by atomic mass is 79.9. The van der Waals surface area contributed by atoms with Crippen LogP contribution >= 0.6 is 15.9 Å². The smallest absolute Gasteiger partial charge is 0.0743 e. The van der Waals surface area contributed by atoms with Crippen LogP contribution in [0.4, 0.5) is 11.4 Å². The van der Waals surface area contributed by atoms with Crippen molar-refractivity contribution in [1.29, 1.82) is 0 Å². The first-order valence-corrected chi connectivity index (χ1v) is 8.12. The monoisotopic (exact) mass is 331 g/mol. The molecule has 0 aliphatic heterocycles. The number of pyridine rings is 1. The minimum atomic E-state index is 0.599. The standard InChI is InChI=1S/C16H18BrN3/c17-11-5-6-14-12(7-11)16(13(18)8-19-14)20-15(9-1-2-9)10-3-4-10/h5-10,15H,1-4,18H2,(H,19,20). The van der Waals surface area contributed by atoms with Crippen LogP contribution in [0.15, 0.2) is 28.9 Å². The van der Waals surface area contributed by atoms with Crippen molar-refractivity contribution in [3.63, 3.8) is 0 Å². The molecule has 0 amide bonds. The quantitative estimate of drug-likeness (QED) is 0.883. The molecule has 0 atom stereocenters. The highest BCUT2D eigenvalue weighted by Crippen LogP contribution is 2.47. The van der Waals surface area contributed by atoms with Gasteiger partial charge < -0.3 is 11.1 Å². The zero-order valence-electron chi connectivity index (χ0n) is 11.3. The van der Waals surface area contributed by atoms with Gasteiger partial charge in [0, 0.05) is 15.9 Å². The average Bonchev–Trinajstić information content (AvgIpc) is 3.30. The van der Waals surface area contributed by atoms with E-state index in [4.69, 9.17) is 5.73 Å². The zero-order valence-corrected chi connectivity index (χ0v) is 12.9. The molecule has 1 heterocycles. The Hall–Kier alpha value is -1.29. The molecule has 2 saturated carbocycles. The van der Waals surface area contributed by atoms with Gasteiger partial charge in [-0.05, 0) is 55.7 Å². The van der Waals surface area contributed by atoms with E-state index in [0.29, 0.717) is 6.04 Å². The number of nitrogens with two attached hydrogens (primary N) is 1. The zero-order chi connectivity index (χ0) is 13.7. The predicted molar refractivity (Wildman–Crippen MR) is 86.7 cm³/mol. The summed E-state index contributed by atoms with van der Waals surface area (Å²) in [5, 5.41) is 4.87. The van der Waals surface area contributed by atoms with Crippen LogP contribution in [-0.2, 0) is 0 Å². The Bertz CT molecular complexity index is 645. The molecule has 2 aliphatic rings. The third kappa shape index (κ3) is 2.26. The van der Waals surface area contributed by atoms with Crippen molar-refractivity contribution in [2.24, 2.45) is 11.8 Å². The molecular formula is C16H18BrN3. The first-order chi connectivity index (χ1) is 9.72. The molecular weight excluding hydrogens is 314 g/mol. The number of aromatic nitrogens is 1. The number of nitrogens with zero attached hydrogens (tertiary/aromatic N) is 1. The molecule has 2 aromatic rings. The maximum Gasteiger partial charge on any atom is 0.0743 e. The molecule has 0 unspecified atom stereocenters. The van der Waals surface area contributed by atoms with E-state index in [1.54, 1.807) is 6.20 Å². The van der Waals surface area contributed by atoms with E-state index in [2.05, 4.69) is 32.3 Å². The fourth-order valence-electron chi connectivity index (χ4n) is 3.04. The Morgan fingerprint density at radius 2 is 1.90 bits per heavy atom. The molecule has 20 heavy (non-hydrogen) atoms. The molecule has 0 bridgehead atoms. The van der Waals surface area contributed by atoms with E-state index in [1.165, 1.54) is 25.7 Å². The summed E-state index contributed by atoms with van der Waals surface area (Å²) in [6, 6.07) is 6.77. The Kier molecular flexibility index (Phi) is 2.88. The molecule has 2 fully saturated rings. The number of nitrogens with one attached hydrogen (secondary N) is 1. The van der Waals surface area contributed by atoms with E-state index in [9.17, 15) is 0 Å². The van der Waals surface area contributed by atoms with Gasteiger partial charge in [-0.2, -0.15) is 0 Å². The third-order valence-corrected chi connectivity index (χ3v) is 4.92. The fraction of sp³-hybridized carbons (Fsp3) is 0.438. The molecule has 4 heteroatoms. The summed E-state index contributed by atoms with van der Waals surface area (Å²) >= 11 is 3.54. The van der Waals surface area contributed by atoms with Gasteiger partial charge in [0.05, 0.1) is 23.1 Å². The molecule has 0 saturated heterocycles. The number of hydrogen-bond donors (Lipinski definition) is 2. The van der Waals surface area contributed by atoms with Gasteiger partial charge in [-0.15, -0.1) is 0 Å². The first-order valence-electron chi connectivity index (χ1n) is 7.32. The number of benzene rings is 1. The average molecular weight is 332 g/mol. The summed E-state index contributed by atoms with van der Waals surface area (Å²) in [4.78, 5) is 4.42. The normalized spacial score (nSPS) is 18.7. The van der Waals surface area contributed by atoms with Crippen LogP contribution in [0.3, 0.4) is 0 Å². The highest BCUT2D eigenvalue weighted by molar-refractivity contribution is 9.10. The Morgan fingerprint density at radius 3 is 2.55 bits per heavy atom. The second-order valence-corrected chi connectivity index (χ2v) is 7.01. The third-order valence-electron chi connectivity index (χ3n) is 4.43. The molecule has 4 rings (SSSR count). The summed E-state index contributed by atoms with van der Waals surface area (Å²) in [6.45, 7) is 0. The van der Waals surface area contributed by atoms with Gasteiger partial charge in [0.2, 0.25) is 0 Å². The maximum absolute atomic E-state index is 6.19. The van der Waals surface area contributed by atoms with Crippen molar-refractivity contribution in [3.05, 3.63) is 28.9 Å². The SMILES string of the molecule is Nc1cnc2ccc(Br)cc2c1NC(C1CC1)C1CC1. The second-order valence-electron chi connectivity index (χ2n) is 6.09. The van der Waals surface area contributed by atoms with Crippen molar-refractivity contribution in [2.75, 3.05) is 11.1 Å². The van der Waals surface area contributed by atoms with E-state index in [1.807, 2.05) is 12.1 Å². The Labute approximate surface area is 127 Å². The van der Waals surface area contributed by atoms with E-state index in [0.717, 1.165) is 38.6 Å². The van der Waals surface area contributed by atoms with Crippen molar-refractivity contribution >= 4 is 38.2 Å². The number of rotatable bonds is 4. The predicted octanol–water partition coefficient (Wildman–Crippen LogP) is 4.18. The number of nitrogen functional groups attached to an aromatic ring is 1. The van der Waals surface area contributed by atoms with Gasteiger partial charge in [-0.3, -0.25) is 4.98 Å². The Balaban J connectivity index is 1.76. The lowest BCUT2D eigenvalue weighted by atomic mass is 10.1. The lowest BCUT2D eigenvalue weighted by molar-refractivity contribution is 0.568. The van der Waals surface area contributed by atoms with Crippen molar-refractivity contribution in [3.8, 4) is 0 Å². The minimum Gasteiger partial charge on any atom is -0.396 e. The number of hydrogen-bond acceptors (Lipinski definition) is 3. The maximum atomic E-state index is 6.19. The second kappa shape index (κ2) is 4.62. The van der Waals surface area contributed by atoms with Gasteiger partial charge in [0.15, 0.2) is 0 Å². The number of halogens is 1. The Morgan fingerprint density at radius 1 is 1.20 bits per heavy atom. The number of fused-ring (bicyclic) bond motifs is 1. The number of anilines is 2. The van der Waals surface area contributed by atoms with Gasteiger partial charge in [-0.25, -0.2) is 0 Å². The van der Waals surface area contributed by atoms with Crippen molar-refractivity contribution < 1.29 is 0 Å². The summed E-state index contributed by atoms with van der Waals surface area (Å²) < 4.78 is 1.06. The van der Waals surface area contributed by atoms with Crippen LogP contribution in [-0.4, -0.2) is 11.0 Å². The van der Waals surface area contributed by atoms with Crippen LogP contribution < -0.4 is 11.1 Å². The molecule has 3 N–H and O–H groups in total.